The number of amides is 2. The summed E-state index contributed by atoms with van der Waals surface area (Å²) in [6.07, 6.45) is 1.67. The zero-order valence-electron chi connectivity index (χ0n) is 9.35. The van der Waals surface area contributed by atoms with Gasteiger partial charge in [0.15, 0.2) is 0 Å². The first-order valence-electron chi connectivity index (χ1n) is 5.34. The molecule has 1 aliphatic rings. The van der Waals surface area contributed by atoms with Crippen molar-refractivity contribution in [2.75, 3.05) is 6.54 Å². The summed E-state index contributed by atoms with van der Waals surface area (Å²) in [6.45, 7) is -0.110. The Labute approximate surface area is 111 Å². The molecule has 2 atom stereocenters. The summed E-state index contributed by atoms with van der Waals surface area (Å²) in [5.74, 6) is -1.11. The van der Waals surface area contributed by atoms with Crippen LogP contribution in [-0.4, -0.2) is 40.5 Å². The second kappa shape index (κ2) is 5.01. The molecule has 18 heavy (non-hydrogen) atoms. The van der Waals surface area contributed by atoms with Crippen LogP contribution in [0.25, 0.3) is 0 Å². The molecular formula is C11H11BrFN3O2. The Hall–Kier alpha value is -1.50. The van der Waals surface area contributed by atoms with Gasteiger partial charge in [-0.05, 0) is 22.0 Å². The highest BCUT2D eigenvalue weighted by molar-refractivity contribution is 9.10. The van der Waals surface area contributed by atoms with E-state index in [1.54, 1.807) is 0 Å². The third-order valence-electron chi connectivity index (χ3n) is 2.84. The van der Waals surface area contributed by atoms with Crippen molar-refractivity contribution in [3.8, 4) is 0 Å². The van der Waals surface area contributed by atoms with E-state index in [0.717, 1.165) is 0 Å². The lowest BCUT2D eigenvalue weighted by Crippen LogP contribution is -2.43. The first-order chi connectivity index (χ1) is 8.50. The van der Waals surface area contributed by atoms with Crippen molar-refractivity contribution in [3.05, 3.63) is 28.5 Å². The Morgan fingerprint density at radius 1 is 1.56 bits per heavy atom. The lowest BCUT2D eigenvalue weighted by molar-refractivity contribution is -0.121. The molecule has 2 N–H and O–H groups in total. The van der Waals surface area contributed by atoms with E-state index in [0.29, 0.717) is 10.0 Å². The normalized spacial score (nSPS) is 23.1. The van der Waals surface area contributed by atoms with Crippen LogP contribution in [0, 0.1) is 0 Å². The number of nitrogens with two attached hydrogens (primary N) is 1. The molecule has 7 heteroatoms. The molecule has 2 heterocycles. The molecule has 0 radical (unpaired) electrons. The van der Waals surface area contributed by atoms with Gasteiger partial charge in [0.1, 0.15) is 12.2 Å². The largest absolute Gasteiger partial charge is 0.368 e. The number of carbonyl (C=O) groups excluding carboxylic acids is 2. The van der Waals surface area contributed by atoms with Crippen LogP contribution in [0.3, 0.4) is 0 Å². The van der Waals surface area contributed by atoms with Crippen LogP contribution in [0.4, 0.5) is 4.39 Å². The number of aromatic nitrogens is 1. The highest BCUT2D eigenvalue weighted by Crippen LogP contribution is 2.25. The molecule has 0 unspecified atom stereocenters. The van der Waals surface area contributed by atoms with E-state index in [1.807, 2.05) is 0 Å². The molecule has 2 amide bonds. The monoisotopic (exact) mass is 315 g/mol. The van der Waals surface area contributed by atoms with Gasteiger partial charge >= 0.3 is 0 Å². The molecule has 96 valence electrons. The number of halogens is 2. The maximum atomic E-state index is 13.3. The molecule has 0 aromatic carbocycles. The zero-order valence-corrected chi connectivity index (χ0v) is 10.9. The lowest BCUT2D eigenvalue weighted by atomic mass is 10.2. The summed E-state index contributed by atoms with van der Waals surface area (Å²) < 4.78 is 13.8. The Kier molecular flexibility index (Phi) is 3.60. The summed E-state index contributed by atoms with van der Waals surface area (Å²) in [6, 6.07) is 0.628. The fourth-order valence-corrected chi connectivity index (χ4v) is 2.40. The fourth-order valence-electron chi connectivity index (χ4n) is 1.98. The van der Waals surface area contributed by atoms with E-state index in [2.05, 4.69) is 20.9 Å². The first kappa shape index (κ1) is 12.9. The smallest absolute Gasteiger partial charge is 0.255 e. The summed E-state index contributed by atoms with van der Waals surface area (Å²) in [4.78, 5) is 28.5. The third kappa shape index (κ3) is 2.35. The average molecular weight is 316 g/mol. The van der Waals surface area contributed by atoms with E-state index in [1.165, 1.54) is 23.4 Å². The van der Waals surface area contributed by atoms with E-state index < -0.39 is 24.0 Å². The Bertz CT molecular complexity index is 497. The number of rotatable bonds is 2. The number of likely N-dealkylation sites (tertiary alicyclic amines) is 1. The number of nitrogens with zero attached hydrogens (tertiary/aromatic N) is 2. The van der Waals surface area contributed by atoms with Gasteiger partial charge in [-0.15, -0.1) is 0 Å². The topological polar surface area (TPSA) is 76.3 Å². The molecule has 5 nitrogen and oxygen atoms in total. The Morgan fingerprint density at radius 2 is 2.28 bits per heavy atom. The molecular weight excluding hydrogens is 305 g/mol. The molecule has 1 aromatic heterocycles. The molecule has 0 saturated carbocycles. The van der Waals surface area contributed by atoms with Gasteiger partial charge in [-0.25, -0.2) is 4.39 Å². The van der Waals surface area contributed by atoms with E-state index in [4.69, 9.17) is 5.73 Å². The summed E-state index contributed by atoms with van der Waals surface area (Å²) in [5, 5.41) is 0. The first-order valence-corrected chi connectivity index (χ1v) is 6.14. The van der Waals surface area contributed by atoms with Crippen LogP contribution >= 0.6 is 15.9 Å². The van der Waals surface area contributed by atoms with E-state index in [9.17, 15) is 14.0 Å². The number of carbonyl (C=O) groups is 2. The lowest BCUT2D eigenvalue weighted by Gasteiger charge is -2.22. The van der Waals surface area contributed by atoms with Crippen LogP contribution in [-0.2, 0) is 4.79 Å². The Balaban J connectivity index is 2.28. The molecule has 0 aliphatic carbocycles. The highest BCUT2D eigenvalue weighted by Gasteiger charge is 2.39. The minimum absolute atomic E-state index is 0.0379. The second-order valence-electron chi connectivity index (χ2n) is 4.06. The van der Waals surface area contributed by atoms with Crippen molar-refractivity contribution in [2.45, 2.75) is 18.6 Å². The van der Waals surface area contributed by atoms with Gasteiger partial charge in [-0.2, -0.15) is 0 Å². The van der Waals surface area contributed by atoms with Crippen molar-refractivity contribution in [2.24, 2.45) is 5.73 Å². The SMILES string of the molecule is NC(=O)[C@@H]1C[C@@H](F)CN1C(=O)c1ccncc1Br. The number of alkyl halides is 1. The molecule has 1 aromatic rings. The van der Waals surface area contributed by atoms with Gasteiger partial charge in [-0.1, -0.05) is 0 Å². The Morgan fingerprint density at radius 3 is 2.89 bits per heavy atom. The van der Waals surface area contributed by atoms with Crippen LogP contribution in [0.15, 0.2) is 22.9 Å². The maximum absolute atomic E-state index is 13.3. The predicted molar refractivity (Wildman–Crippen MR) is 65.5 cm³/mol. The number of hydrogen-bond donors (Lipinski definition) is 1. The van der Waals surface area contributed by atoms with Gasteiger partial charge in [0.25, 0.3) is 5.91 Å². The quantitative estimate of drug-likeness (QED) is 0.880. The second-order valence-corrected chi connectivity index (χ2v) is 4.92. The van der Waals surface area contributed by atoms with Gasteiger partial charge in [0.05, 0.1) is 12.1 Å². The number of hydrogen-bond acceptors (Lipinski definition) is 3. The van der Waals surface area contributed by atoms with Crippen LogP contribution in [0.1, 0.15) is 16.8 Å². The third-order valence-corrected chi connectivity index (χ3v) is 3.47. The molecule has 0 bridgehead atoms. The van der Waals surface area contributed by atoms with Crippen LogP contribution in [0.5, 0.6) is 0 Å². The molecule has 1 fully saturated rings. The maximum Gasteiger partial charge on any atom is 0.255 e. The average Bonchev–Trinajstić information content (AvgIpc) is 2.71. The molecule has 0 spiro atoms. The molecule has 2 rings (SSSR count). The highest BCUT2D eigenvalue weighted by atomic mass is 79.9. The van der Waals surface area contributed by atoms with E-state index >= 15 is 0 Å². The summed E-state index contributed by atoms with van der Waals surface area (Å²) in [5.41, 5.74) is 5.52. The van der Waals surface area contributed by atoms with Crippen LogP contribution < -0.4 is 5.73 Å². The van der Waals surface area contributed by atoms with Gasteiger partial charge in [0.2, 0.25) is 5.91 Å². The fraction of sp³-hybridized carbons (Fsp3) is 0.364. The molecule has 1 aliphatic heterocycles. The molecule has 1 saturated heterocycles. The van der Waals surface area contributed by atoms with Gasteiger partial charge < -0.3 is 10.6 Å². The van der Waals surface area contributed by atoms with Crippen molar-refractivity contribution >= 4 is 27.7 Å². The van der Waals surface area contributed by atoms with Crippen molar-refractivity contribution in [1.82, 2.24) is 9.88 Å². The minimum atomic E-state index is -1.22. The zero-order chi connectivity index (χ0) is 13.3. The van der Waals surface area contributed by atoms with E-state index in [-0.39, 0.29) is 13.0 Å². The van der Waals surface area contributed by atoms with Gasteiger partial charge in [0, 0.05) is 23.3 Å². The predicted octanol–water partition coefficient (Wildman–Crippen LogP) is 0.882. The van der Waals surface area contributed by atoms with Crippen molar-refractivity contribution in [1.29, 1.82) is 0 Å². The number of pyridine rings is 1. The van der Waals surface area contributed by atoms with Crippen LogP contribution in [0.2, 0.25) is 0 Å². The summed E-state index contributed by atoms with van der Waals surface area (Å²) in [7, 11) is 0. The minimum Gasteiger partial charge on any atom is -0.368 e. The van der Waals surface area contributed by atoms with Gasteiger partial charge in [-0.3, -0.25) is 14.6 Å². The van der Waals surface area contributed by atoms with Crippen molar-refractivity contribution < 1.29 is 14.0 Å². The number of primary amides is 1. The standard InChI is InChI=1S/C11H11BrFN3O2/c12-8-4-15-2-1-7(8)11(18)16-5-6(13)3-9(16)10(14)17/h1-2,4,6,9H,3,5H2,(H2,14,17)/t6-,9+/m1/s1. The van der Waals surface area contributed by atoms with Crippen molar-refractivity contribution in [3.63, 3.8) is 0 Å². The summed E-state index contributed by atoms with van der Waals surface area (Å²) >= 11 is 3.20.